The normalized spacial score (nSPS) is 18.3. The number of benzene rings is 1. The molecule has 0 bridgehead atoms. The summed E-state index contributed by atoms with van der Waals surface area (Å²) in [6.45, 7) is 0.784. The number of halogens is 3. The van der Waals surface area contributed by atoms with E-state index in [4.69, 9.17) is 9.84 Å². The number of ether oxygens (including phenoxy) is 2. The highest BCUT2D eigenvalue weighted by atomic mass is 19.4. The topological polar surface area (TPSA) is 76.1 Å². The lowest BCUT2D eigenvalue weighted by Gasteiger charge is -2.32. The number of alkyl halides is 3. The molecule has 0 saturated carbocycles. The minimum Gasteiger partial charge on any atom is -0.481 e. The van der Waals surface area contributed by atoms with E-state index in [1.807, 2.05) is 0 Å². The first kappa shape index (κ1) is 18.1. The van der Waals surface area contributed by atoms with Gasteiger partial charge >= 0.3 is 12.3 Å². The Morgan fingerprint density at radius 1 is 1.29 bits per heavy atom. The fourth-order valence-corrected chi connectivity index (χ4v) is 2.36. The van der Waals surface area contributed by atoms with Crippen LogP contribution < -0.4 is 4.74 Å². The molecule has 1 saturated heterocycles. The Morgan fingerprint density at radius 3 is 2.54 bits per heavy atom. The molecule has 1 heterocycles. The van der Waals surface area contributed by atoms with Crippen molar-refractivity contribution in [2.45, 2.75) is 25.3 Å². The average molecular weight is 347 g/mol. The van der Waals surface area contributed by atoms with Gasteiger partial charge in [-0.15, -0.1) is 13.2 Å². The van der Waals surface area contributed by atoms with Crippen LogP contribution in [0.5, 0.6) is 5.75 Å². The van der Waals surface area contributed by atoms with Crippen LogP contribution in [0.2, 0.25) is 0 Å². The zero-order valence-corrected chi connectivity index (χ0v) is 12.6. The average Bonchev–Trinajstić information content (AvgIpc) is 2.47. The Morgan fingerprint density at radius 2 is 1.96 bits per heavy atom. The lowest BCUT2D eigenvalue weighted by molar-refractivity contribution is -0.274. The SMILES string of the molecule is O=C(O)CC1CN(C(=O)Cc2ccc(OC(F)(F)F)cc2)CCO1. The highest BCUT2D eigenvalue weighted by Crippen LogP contribution is 2.23. The van der Waals surface area contributed by atoms with Gasteiger partial charge in [0.2, 0.25) is 5.91 Å². The lowest BCUT2D eigenvalue weighted by atomic mass is 10.1. The molecule has 1 aliphatic rings. The third-order valence-electron chi connectivity index (χ3n) is 3.41. The number of carboxylic acids is 1. The second-order valence-electron chi connectivity index (χ2n) is 5.30. The third kappa shape index (κ3) is 5.73. The van der Waals surface area contributed by atoms with Gasteiger partial charge < -0.3 is 19.5 Å². The van der Waals surface area contributed by atoms with Crippen molar-refractivity contribution in [3.05, 3.63) is 29.8 Å². The summed E-state index contributed by atoms with van der Waals surface area (Å²) in [4.78, 5) is 24.4. The molecule has 132 valence electrons. The maximum absolute atomic E-state index is 12.2. The number of nitrogens with zero attached hydrogens (tertiary/aromatic N) is 1. The zero-order valence-electron chi connectivity index (χ0n) is 12.6. The number of carbonyl (C=O) groups is 2. The van der Waals surface area contributed by atoms with Crippen molar-refractivity contribution in [2.75, 3.05) is 19.7 Å². The van der Waals surface area contributed by atoms with E-state index in [-0.39, 0.29) is 37.6 Å². The first-order valence-corrected chi connectivity index (χ1v) is 7.19. The zero-order chi connectivity index (χ0) is 17.7. The first-order chi connectivity index (χ1) is 11.2. The summed E-state index contributed by atoms with van der Waals surface area (Å²) < 4.78 is 45.3. The fourth-order valence-electron chi connectivity index (χ4n) is 2.36. The summed E-state index contributed by atoms with van der Waals surface area (Å²) in [7, 11) is 0. The van der Waals surface area contributed by atoms with E-state index in [0.29, 0.717) is 12.1 Å². The molecule has 1 atom stereocenters. The quantitative estimate of drug-likeness (QED) is 0.879. The molecule has 0 spiro atoms. The van der Waals surface area contributed by atoms with Crippen molar-refractivity contribution in [1.82, 2.24) is 4.90 Å². The molecule has 0 aromatic heterocycles. The van der Waals surface area contributed by atoms with Gasteiger partial charge in [0.1, 0.15) is 5.75 Å². The van der Waals surface area contributed by atoms with Gasteiger partial charge in [-0.25, -0.2) is 0 Å². The number of aliphatic carboxylic acids is 1. The van der Waals surface area contributed by atoms with Crippen LogP contribution in [0.25, 0.3) is 0 Å². The van der Waals surface area contributed by atoms with Gasteiger partial charge in [0, 0.05) is 13.1 Å². The number of carboxylic acid groups (broad SMARTS) is 1. The van der Waals surface area contributed by atoms with Crippen molar-refractivity contribution in [3.63, 3.8) is 0 Å². The molecule has 1 unspecified atom stereocenters. The molecule has 0 aliphatic carbocycles. The molecule has 0 radical (unpaired) electrons. The third-order valence-corrected chi connectivity index (χ3v) is 3.41. The van der Waals surface area contributed by atoms with Crippen LogP contribution >= 0.6 is 0 Å². The van der Waals surface area contributed by atoms with Crippen molar-refractivity contribution in [1.29, 1.82) is 0 Å². The summed E-state index contributed by atoms with van der Waals surface area (Å²) in [6, 6.07) is 5.05. The fraction of sp³-hybridized carbons (Fsp3) is 0.467. The Balaban J connectivity index is 1.90. The maximum atomic E-state index is 12.2. The molecule has 1 amide bonds. The second-order valence-corrected chi connectivity index (χ2v) is 5.30. The largest absolute Gasteiger partial charge is 0.573 e. The van der Waals surface area contributed by atoms with E-state index >= 15 is 0 Å². The number of rotatable bonds is 5. The van der Waals surface area contributed by atoms with Crippen LogP contribution in [-0.2, 0) is 20.7 Å². The van der Waals surface area contributed by atoms with Crippen LogP contribution in [0.4, 0.5) is 13.2 Å². The molecule has 24 heavy (non-hydrogen) atoms. The van der Waals surface area contributed by atoms with Gasteiger partial charge in [-0.3, -0.25) is 9.59 Å². The molecule has 1 fully saturated rings. The van der Waals surface area contributed by atoms with Gasteiger partial charge in [0.25, 0.3) is 0 Å². The van der Waals surface area contributed by atoms with Crippen molar-refractivity contribution < 1.29 is 37.3 Å². The van der Waals surface area contributed by atoms with Gasteiger partial charge in [0.15, 0.2) is 0 Å². The number of amides is 1. The first-order valence-electron chi connectivity index (χ1n) is 7.19. The highest BCUT2D eigenvalue weighted by Gasteiger charge is 2.31. The minimum absolute atomic E-state index is 0.00604. The van der Waals surface area contributed by atoms with Gasteiger partial charge in [-0.2, -0.15) is 0 Å². The monoisotopic (exact) mass is 347 g/mol. The summed E-state index contributed by atoms with van der Waals surface area (Å²) in [5, 5.41) is 8.76. The minimum atomic E-state index is -4.76. The van der Waals surface area contributed by atoms with Gasteiger partial charge in [-0.1, -0.05) is 12.1 Å². The summed E-state index contributed by atoms with van der Waals surface area (Å²) in [6.07, 6.45) is -5.49. The van der Waals surface area contributed by atoms with Crippen LogP contribution in [0.3, 0.4) is 0 Å². The molecular weight excluding hydrogens is 331 g/mol. The van der Waals surface area contributed by atoms with Crippen LogP contribution in [0.15, 0.2) is 24.3 Å². The van der Waals surface area contributed by atoms with Crippen LogP contribution in [0.1, 0.15) is 12.0 Å². The molecule has 6 nitrogen and oxygen atoms in total. The van der Waals surface area contributed by atoms with Crippen molar-refractivity contribution in [2.24, 2.45) is 0 Å². The highest BCUT2D eigenvalue weighted by molar-refractivity contribution is 5.79. The molecule has 1 aliphatic heterocycles. The molecule has 1 aromatic carbocycles. The molecular formula is C15H16F3NO5. The predicted octanol–water partition coefficient (Wildman–Crippen LogP) is 1.83. The summed E-state index contributed by atoms with van der Waals surface area (Å²) in [5.74, 6) is -1.60. The van der Waals surface area contributed by atoms with E-state index in [0.717, 1.165) is 12.1 Å². The Bertz CT molecular complexity index is 588. The lowest BCUT2D eigenvalue weighted by Crippen LogP contribution is -2.46. The molecule has 1 aromatic rings. The van der Waals surface area contributed by atoms with E-state index in [1.165, 1.54) is 17.0 Å². The number of hydrogen-bond donors (Lipinski definition) is 1. The molecule has 1 N–H and O–H groups in total. The molecule has 2 rings (SSSR count). The standard InChI is InChI=1S/C15H16F3NO5/c16-15(17,18)24-11-3-1-10(2-4-11)7-13(20)19-5-6-23-12(9-19)8-14(21)22/h1-4,12H,5-9H2,(H,21,22). The Hall–Kier alpha value is -2.29. The summed E-state index contributed by atoms with van der Waals surface area (Å²) >= 11 is 0. The predicted molar refractivity (Wildman–Crippen MR) is 75.4 cm³/mol. The Labute approximate surface area is 135 Å². The number of carbonyl (C=O) groups excluding carboxylic acids is 1. The Kier molecular flexibility index (Phi) is 5.66. The number of hydrogen-bond acceptors (Lipinski definition) is 4. The van der Waals surface area contributed by atoms with Crippen LogP contribution in [-0.4, -0.2) is 54.0 Å². The van der Waals surface area contributed by atoms with Crippen molar-refractivity contribution >= 4 is 11.9 Å². The maximum Gasteiger partial charge on any atom is 0.573 e. The van der Waals surface area contributed by atoms with Gasteiger partial charge in [0.05, 0.1) is 25.6 Å². The smallest absolute Gasteiger partial charge is 0.481 e. The van der Waals surface area contributed by atoms with E-state index in [1.54, 1.807) is 0 Å². The van der Waals surface area contributed by atoms with Crippen molar-refractivity contribution in [3.8, 4) is 5.75 Å². The van der Waals surface area contributed by atoms with Crippen LogP contribution in [0, 0.1) is 0 Å². The van der Waals surface area contributed by atoms with E-state index in [9.17, 15) is 22.8 Å². The van der Waals surface area contributed by atoms with Gasteiger partial charge in [-0.05, 0) is 17.7 Å². The second kappa shape index (κ2) is 7.52. The molecule has 9 heteroatoms. The number of morpholine rings is 1. The summed E-state index contributed by atoms with van der Waals surface area (Å²) in [5.41, 5.74) is 0.538. The van der Waals surface area contributed by atoms with E-state index in [2.05, 4.69) is 4.74 Å². The van der Waals surface area contributed by atoms with E-state index < -0.39 is 18.4 Å².